The summed E-state index contributed by atoms with van der Waals surface area (Å²) in [5.74, 6) is 1.76. The van der Waals surface area contributed by atoms with E-state index in [2.05, 4.69) is 65.9 Å². The van der Waals surface area contributed by atoms with E-state index in [4.69, 9.17) is 0 Å². The van der Waals surface area contributed by atoms with Crippen LogP contribution in [0.2, 0.25) is 0 Å². The quantitative estimate of drug-likeness (QED) is 0.634. The monoisotopic (exact) mass is 373 g/mol. The zero-order chi connectivity index (χ0) is 18.4. The summed E-state index contributed by atoms with van der Waals surface area (Å²) in [4.78, 5) is 19.9. The Labute approximate surface area is 159 Å². The van der Waals surface area contributed by atoms with Crippen LogP contribution >= 0.6 is 11.3 Å². The zero-order valence-corrected chi connectivity index (χ0v) is 16.5. The van der Waals surface area contributed by atoms with E-state index in [0.29, 0.717) is 6.04 Å². The van der Waals surface area contributed by atoms with Crippen molar-refractivity contribution >= 4 is 23.2 Å². The molecule has 1 aliphatic heterocycles. The van der Waals surface area contributed by atoms with Crippen molar-refractivity contribution in [3.63, 3.8) is 0 Å². The number of nitrogens with one attached hydrogen (secondary N) is 1. The molecular weight excluding hydrogens is 346 g/mol. The Morgan fingerprint density at radius 1 is 1.27 bits per heavy atom. The maximum Gasteiger partial charge on any atom is 0.225 e. The van der Waals surface area contributed by atoms with Gasteiger partial charge in [0, 0.05) is 52.2 Å². The molecule has 0 radical (unpaired) electrons. The fourth-order valence-electron chi connectivity index (χ4n) is 3.16. The van der Waals surface area contributed by atoms with E-state index >= 15 is 0 Å². The standard InChI is InChI=1S/C18H27N7S/c1-19-17(22-13-16(23(2)3)15-5-12-26-14-15)24-8-10-25(11-9-24)18-20-6-4-7-21-18/h4-7,12,14,16H,8-11,13H2,1-3H3,(H,19,22). The van der Waals surface area contributed by atoms with Gasteiger partial charge in [0.2, 0.25) is 5.95 Å². The maximum absolute atomic E-state index is 4.49. The number of nitrogens with zero attached hydrogens (tertiary/aromatic N) is 6. The molecule has 0 bridgehead atoms. The van der Waals surface area contributed by atoms with E-state index in [1.165, 1.54) is 5.56 Å². The summed E-state index contributed by atoms with van der Waals surface area (Å²) in [6.45, 7) is 4.43. The average molecular weight is 374 g/mol. The van der Waals surface area contributed by atoms with Crippen LogP contribution in [0.4, 0.5) is 5.95 Å². The summed E-state index contributed by atoms with van der Waals surface area (Å²) in [6, 6.07) is 4.37. The number of aliphatic imine (C=N–C) groups is 1. The molecule has 1 atom stereocenters. The van der Waals surface area contributed by atoms with Crippen molar-refractivity contribution in [2.45, 2.75) is 6.04 Å². The lowest BCUT2D eigenvalue weighted by Gasteiger charge is -2.37. The molecule has 0 aliphatic carbocycles. The minimum Gasteiger partial charge on any atom is -0.354 e. The first-order chi connectivity index (χ1) is 12.7. The molecule has 2 aromatic rings. The second-order valence-electron chi connectivity index (χ2n) is 6.49. The highest BCUT2D eigenvalue weighted by Crippen LogP contribution is 2.20. The molecule has 1 fully saturated rings. The summed E-state index contributed by atoms with van der Waals surface area (Å²) < 4.78 is 0. The van der Waals surface area contributed by atoms with E-state index in [9.17, 15) is 0 Å². The SMILES string of the molecule is CN=C(NCC(c1ccsc1)N(C)C)N1CCN(c2ncccn2)CC1. The number of guanidine groups is 1. The van der Waals surface area contributed by atoms with Crippen molar-refractivity contribution in [2.75, 3.05) is 58.8 Å². The van der Waals surface area contributed by atoms with Gasteiger partial charge in [-0.15, -0.1) is 0 Å². The molecule has 1 unspecified atom stereocenters. The Morgan fingerprint density at radius 2 is 2.00 bits per heavy atom. The molecule has 1 N–H and O–H groups in total. The molecule has 0 aromatic carbocycles. The van der Waals surface area contributed by atoms with Crippen molar-refractivity contribution < 1.29 is 0 Å². The van der Waals surface area contributed by atoms with Crippen LogP contribution < -0.4 is 10.2 Å². The van der Waals surface area contributed by atoms with Crippen molar-refractivity contribution in [2.24, 2.45) is 4.99 Å². The third kappa shape index (κ3) is 4.50. The van der Waals surface area contributed by atoms with Crippen LogP contribution in [0.1, 0.15) is 11.6 Å². The Balaban J connectivity index is 1.55. The Hall–Kier alpha value is -2.19. The number of hydrogen-bond acceptors (Lipinski definition) is 6. The minimum absolute atomic E-state index is 0.331. The van der Waals surface area contributed by atoms with Crippen molar-refractivity contribution in [3.05, 3.63) is 40.8 Å². The number of likely N-dealkylation sites (N-methyl/N-ethyl adjacent to an activating group) is 1. The molecule has 2 aromatic heterocycles. The molecule has 3 heterocycles. The van der Waals surface area contributed by atoms with E-state index in [1.807, 2.05) is 13.1 Å². The minimum atomic E-state index is 0.331. The van der Waals surface area contributed by atoms with Crippen LogP contribution in [0.25, 0.3) is 0 Å². The molecule has 1 aliphatic rings. The van der Waals surface area contributed by atoms with Gasteiger partial charge in [-0.05, 0) is 42.6 Å². The summed E-state index contributed by atoms with van der Waals surface area (Å²) in [5.41, 5.74) is 1.34. The van der Waals surface area contributed by atoms with Gasteiger partial charge < -0.3 is 20.0 Å². The molecule has 3 rings (SSSR count). The summed E-state index contributed by atoms with van der Waals surface area (Å²) in [7, 11) is 6.08. The number of thiophene rings is 1. The number of rotatable bonds is 5. The van der Waals surface area contributed by atoms with Gasteiger partial charge in [0.05, 0.1) is 6.04 Å². The maximum atomic E-state index is 4.49. The highest BCUT2D eigenvalue weighted by molar-refractivity contribution is 7.07. The molecular formula is C18H27N7S. The van der Waals surface area contributed by atoms with E-state index < -0.39 is 0 Å². The molecule has 26 heavy (non-hydrogen) atoms. The topological polar surface area (TPSA) is 59.9 Å². The van der Waals surface area contributed by atoms with Gasteiger partial charge in [-0.2, -0.15) is 11.3 Å². The molecule has 0 spiro atoms. The molecule has 0 amide bonds. The predicted octanol–water partition coefficient (Wildman–Crippen LogP) is 1.54. The van der Waals surface area contributed by atoms with Crippen LogP contribution in [0.3, 0.4) is 0 Å². The van der Waals surface area contributed by atoms with Gasteiger partial charge in [-0.3, -0.25) is 4.99 Å². The fraction of sp³-hybridized carbons (Fsp3) is 0.500. The lowest BCUT2D eigenvalue weighted by atomic mass is 10.1. The highest BCUT2D eigenvalue weighted by Gasteiger charge is 2.22. The lowest BCUT2D eigenvalue weighted by Crippen LogP contribution is -2.53. The average Bonchev–Trinajstić information content (AvgIpc) is 3.20. The van der Waals surface area contributed by atoms with E-state index in [-0.39, 0.29) is 0 Å². The second-order valence-corrected chi connectivity index (χ2v) is 7.27. The molecule has 0 saturated carbocycles. The van der Waals surface area contributed by atoms with E-state index in [0.717, 1.165) is 44.6 Å². The molecule has 1 saturated heterocycles. The largest absolute Gasteiger partial charge is 0.354 e. The zero-order valence-electron chi connectivity index (χ0n) is 15.7. The second kappa shape index (κ2) is 8.95. The van der Waals surface area contributed by atoms with Crippen LogP contribution in [-0.2, 0) is 0 Å². The first-order valence-corrected chi connectivity index (χ1v) is 9.79. The number of hydrogen-bond donors (Lipinski definition) is 1. The number of piperazine rings is 1. The number of anilines is 1. The third-order valence-electron chi connectivity index (χ3n) is 4.63. The van der Waals surface area contributed by atoms with Crippen molar-refractivity contribution in [1.29, 1.82) is 0 Å². The Morgan fingerprint density at radius 3 is 2.58 bits per heavy atom. The third-order valence-corrected chi connectivity index (χ3v) is 5.33. The van der Waals surface area contributed by atoms with Crippen LogP contribution in [0, 0.1) is 0 Å². The molecule has 8 heteroatoms. The smallest absolute Gasteiger partial charge is 0.225 e. The first-order valence-electron chi connectivity index (χ1n) is 8.85. The predicted molar refractivity (Wildman–Crippen MR) is 108 cm³/mol. The van der Waals surface area contributed by atoms with Crippen LogP contribution in [0.5, 0.6) is 0 Å². The molecule has 140 valence electrons. The van der Waals surface area contributed by atoms with Gasteiger partial charge in [-0.1, -0.05) is 0 Å². The fourth-order valence-corrected chi connectivity index (χ4v) is 3.86. The summed E-state index contributed by atoms with van der Waals surface area (Å²) >= 11 is 1.74. The van der Waals surface area contributed by atoms with Crippen molar-refractivity contribution in [1.82, 2.24) is 25.1 Å². The summed E-state index contributed by atoms with van der Waals surface area (Å²) in [5, 5.41) is 7.90. The first kappa shape index (κ1) is 18.6. The van der Waals surface area contributed by atoms with Gasteiger partial charge in [-0.25, -0.2) is 9.97 Å². The van der Waals surface area contributed by atoms with Crippen LogP contribution in [-0.4, -0.2) is 79.6 Å². The Bertz CT molecular complexity index is 679. The van der Waals surface area contributed by atoms with Gasteiger partial charge in [0.1, 0.15) is 0 Å². The summed E-state index contributed by atoms with van der Waals surface area (Å²) in [6.07, 6.45) is 3.59. The normalized spacial score (nSPS) is 16.8. The molecule has 7 nitrogen and oxygen atoms in total. The Kier molecular flexibility index (Phi) is 6.40. The lowest BCUT2D eigenvalue weighted by molar-refractivity contribution is 0.292. The van der Waals surface area contributed by atoms with Crippen molar-refractivity contribution in [3.8, 4) is 0 Å². The highest BCUT2D eigenvalue weighted by atomic mass is 32.1. The van der Waals surface area contributed by atoms with Crippen LogP contribution in [0.15, 0.2) is 40.3 Å². The van der Waals surface area contributed by atoms with Gasteiger partial charge >= 0.3 is 0 Å². The van der Waals surface area contributed by atoms with E-state index in [1.54, 1.807) is 23.7 Å². The van der Waals surface area contributed by atoms with Gasteiger partial charge in [0.15, 0.2) is 5.96 Å². The van der Waals surface area contributed by atoms with Gasteiger partial charge in [0.25, 0.3) is 0 Å². The number of aromatic nitrogens is 2.